The van der Waals surface area contributed by atoms with Gasteiger partial charge in [-0.3, -0.25) is 9.79 Å². The van der Waals surface area contributed by atoms with Gasteiger partial charge in [-0.2, -0.15) is 0 Å². The normalized spacial score (nSPS) is 12.7. The van der Waals surface area contributed by atoms with Crippen molar-refractivity contribution in [1.82, 2.24) is 0 Å². The molecule has 8 nitrogen and oxygen atoms in total. The number of hydrogen-bond acceptors (Lipinski definition) is 6. The van der Waals surface area contributed by atoms with Crippen molar-refractivity contribution in [3.8, 4) is 23.0 Å². The van der Waals surface area contributed by atoms with Crippen molar-refractivity contribution >= 4 is 17.4 Å². The molecule has 2 aromatic rings. The van der Waals surface area contributed by atoms with Crippen molar-refractivity contribution < 1.29 is 24.5 Å². The molecule has 0 radical (unpaired) electrons. The van der Waals surface area contributed by atoms with Gasteiger partial charge in [-0.15, -0.1) is 0 Å². The molecule has 8 heteroatoms. The van der Waals surface area contributed by atoms with Crippen LogP contribution in [-0.2, 0) is 17.6 Å². The van der Waals surface area contributed by atoms with Gasteiger partial charge >= 0.3 is 0 Å². The van der Waals surface area contributed by atoms with E-state index in [1.165, 1.54) is 14.2 Å². The average molecular weight is 470 g/mol. The van der Waals surface area contributed by atoms with E-state index in [2.05, 4.69) is 24.2 Å². The highest BCUT2D eigenvalue weighted by Crippen LogP contribution is 2.36. The summed E-state index contributed by atoms with van der Waals surface area (Å²) in [6, 6.07) is 8.68. The number of hydrogen-bond donors (Lipinski definition) is 4. The molecule has 2 aromatic carbocycles. The van der Waals surface area contributed by atoms with Crippen LogP contribution < -0.4 is 20.5 Å². The van der Waals surface area contributed by atoms with Gasteiger partial charge in [0.2, 0.25) is 0 Å². The van der Waals surface area contributed by atoms with E-state index in [-0.39, 0.29) is 35.1 Å². The largest absolute Gasteiger partial charge is 0.504 e. The highest BCUT2D eigenvalue weighted by atomic mass is 16.5. The van der Waals surface area contributed by atoms with Crippen molar-refractivity contribution in [1.29, 1.82) is 0 Å². The van der Waals surface area contributed by atoms with Crippen LogP contribution in [-0.4, -0.2) is 43.2 Å². The summed E-state index contributed by atoms with van der Waals surface area (Å²) in [5, 5.41) is 23.0. The van der Waals surface area contributed by atoms with E-state index in [0.717, 1.165) is 11.1 Å². The zero-order valence-corrected chi connectivity index (χ0v) is 20.5. The predicted molar refractivity (Wildman–Crippen MR) is 135 cm³/mol. The van der Waals surface area contributed by atoms with E-state index >= 15 is 0 Å². The third-order valence-corrected chi connectivity index (χ3v) is 5.62. The summed E-state index contributed by atoms with van der Waals surface area (Å²) in [6.45, 7) is 4.20. The van der Waals surface area contributed by atoms with Crippen molar-refractivity contribution in [2.24, 2.45) is 22.6 Å². The first-order chi connectivity index (χ1) is 16.2. The third kappa shape index (κ3) is 7.43. The maximum Gasteiger partial charge on any atom is 0.192 e. The van der Waals surface area contributed by atoms with Gasteiger partial charge in [0, 0.05) is 13.5 Å². The van der Waals surface area contributed by atoms with Gasteiger partial charge in [0.25, 0.3) is 0 Å². The van der Waals surface area contributed by atoms with Crippen LogP contribution in [0.3, 0.4) is 0 Å². The van der Waals surface area contributed by atoms with Crippen LogP contribution in [0.25, 0.3) is 0 Å². The topological polar surface area (TPSA) is 126 Å². The van der Waals surface area contributed by atoms with Crippen molar-refractivity contribution in [3.63, 3.8) is 0 Å². The molecule has 184 valence electrons. The molecule has 5 N–H and O–H groups in total. The molecule has 0 saturated carbocycles. The van der Waals surface area contributed by atoms with Gasteiger partial charge in [-0.05, 0) is 66.1 Å². The lowest BCUT2D eigenvalue weighted by atomic mass is 9.88. The maximum absolute atomic E-state index is 12.5. The number of aryl methyl sites for hydroxylation is 1. The summed E-state index contributed by atoms with van der Waals surface area (Å²) in [5.41, 5.74) is 8.01. The number of nitrogens with two attached hydrogens (primary N) is 1. The minimum absolute atomic E-state index is 0.0234. The van der Waals surface area contributed by atoms with Gasteiger partial charge in [0.15, 0.2) is 34.7 Å². The van der Waals surface area contributed by atoms with Crippen LogP contribution in [0.1, 0.15) is 31.4 Å². The number of phenols is 2. The van der Waals surface area contributed by atoms with E-state index in [4.69, 9.17) is 15.2 Å². The molecule has 0 aliphatic carbocycles. The molecule has 0 aromatic heterocycles. The van der Waals surface area contributed by atoms with Crippen molar-refractivity contribution in [2.75, 3.05) is 26.6 Å². The SMILES string of the molecule is CN=C(N)Nc1cc(C[C@H](/C=C/C(=O)CCc2ccc(O)c(OC)c2)C(C)C)cc(OC)c1O. The highest BCUT2D eigenvalue weighted by Gasteiger charge is 2.16. The van der Waals surface area contributed by atoms with E-state index in [9.17, 15) is 15.0 Å². The summed E-state index contributed by atoms with van der Waals surface area (Å²) in [5.74, 6) is 1.32. The van der Waals surface area contributed by atoms with E-state index in [1.807, 2.05) is 6.08 Å². The van der Waals surface area contributed by atoms with Crippen LogP contribution >= 0.6 is 0 Å². The number of phenolic OH excluding ortho intramolecular Hbond substituents is 2. The predicted octanol–water partition coefficient (Wildman–Crippen LogP) is 4.04. The number of nitrogens with zero attached hydrogens (tertiary/aromatic N) is 1. The standard InChI is InChI=1S/C26H35N3O5/c1-16(2)19(8-10-20(30)9-6-17-7-11-22(31)23(14-17)33-4)12-18-13-21(29-26(27)28-3)25(32)24(15-18)34-5/h7-8,10-11,13-16,19,31-32H,6,9,12H2,1-5H3,(H3,27,28,29)/b10-8+/t19-/m0/s1. The molecule has 0 amide bonds. The molecule has 0 bridgehead atoms. The van der Waals surface area contributed by atoms with E-state index in [0.29, 0.717) is 36.4 Å². The van der Waals surface area contributed by atoms with Gasteiger partial charge in [-0.25, -0.2) is 0 Å². The number of carbonyl (C=O) groups is 1. The van der Waals surface area contributed by atoms with Gasteiger partial charge in [0.05, 0.1) is 19.9 Å². The van der Waals surface area contributed by atoms with Gasteiger partial charge < -0.3 is 30.7 Å². The second-order valence-corrected chi connectivity index (χ2v) is 8.37. The lowest BCUT2D eigenvalue weighted by Crippen LogP contribution is -2.22. The van der Waals surface area contributed by atoms with E-state index < -0.39 is 0 Å². The Balaban J connectivity index is 2.11. The van der Waals surface area contributed by atoms with Crippen LogP contribution in [0.4, 0.5) is 5.69 Å². The number of anilines is 1. The Hall–Kier alpha value is -3.68. The van der Waals surface area contributed by atoms with Crippen LogP contribution in [0, 0.1) is 11.8 Å². The number of methoxy groups -OCH3 is 2. The molecular weight excluding hydrogens is 434 g/mol. The van der Waals surface area contributed by atoms with E-state index in [1.54, 1.807) is 43.5 Å². The number of aliphatic imine (C=N–C) groups is 1. The number of guanidine groups is 1. The fourth-order valence-electron chi connectivity index (χ4n) is 3.48. The molecule has 0 unspecified atom stereocenters. The van der Waals surface area contributed by atoms with Crippen LogP contribution in [0.15, 0.2) is 47.5 Å². The number of rotatable bonds is 11. The average Bonchev–Trinajstić information content (AvgIpc) is 2.82. The summed E-state index contributed by atoms with van der Waals surface area (Å²) in [4.78, 5) is 16.4. The lowest BCUT2D eigenvalue weighted by molar-refractivity contribution is -0.114. The first-order valence-corrected chi connectivity index (χ1v) is 11.1. The number of carbonyl (C=O) groups excluding carboxylic acids is 1. The molecule has 0 fully saturated rings. The quantitative estimate of drug-likeness (QED) is 0.169. The summed E-state index contributed by atoms with van der Waals surface area (Å²) in [7, 11) is 4.53. The van der Waals surface area contributed by atoms with Gasteiger partial charge in [0.1, 0.15) is 0 Å². The summed E-state index contributed by atoms with van der Waals surface area (Å²) in [6.07, 6.45) is 5.13. The Bertz CT molecular complexity index is 1050. The minimum atomic E-state index is -0.0458. The molecule has 0 saturated heterocycles. The molecule has 0 spiro atoms. The molecule has 0 heterocycles. The molecule has 2 rings (SSSR count). The first-order valence-electron chi connectivity index (χ1n) is 11.1. The molecular formula is C26H35N3O5. The first kappa shape index (κ1) is 26.6. The second kappa shape index (κ2) is 12.5. The zero-order chi connectivity index (χ0) is 25.3. The number of benzene rings is 2. The number of ether oxygens (including phenoxy) is 2. The second-order valence-electron chi connectivity index (χ2n) is 8.37. The van der Waals surface area contributed by atoms with Crippen molar-refractivity contribution in [2.45, 2.75) is 33.1 Å². The Morgan fingerprint density at radius 3 is 2.41 bits per heavy atom. The summed E-state index contributed by atoms with van der Waals surface area (Å²) < 4.78 is 10.4. The van der Waals surface area contributed by atoms with Crippen LogP contribution in [0.5, 0.6) is 23.0 Å². The lowest BCUT2D eigenvalue weighted by Gasteiger charge is -2.19. The third-order valence-electron chi connectivity index (χ3n) is 5.62. The minimum Gasteiger partial charge on any atom is -0.504 e. The number of aromatic hydroxyl groups is 2. The monoisotopic (exact) mass is 469 g/mol. The molecule has 0 aliphatic rings. The maximum atomic E-state index is 12.5. The molecule has 0 aliphatic heterocycles. The molecule has 1 atom stereocenters. The Labute approximate surface area is 201 Å². The fraction of sp³-hybridized carbons (Fsp3) is 0.385. The smallest absolute Gasteiger partial charge is 0.192 e. The highest BCUT2D eigenvalue weighted by molar-refractivity contribution is 5.94. The Kier molecular flexibility index (Phi) is 9.79. The van der Waals surface area contributed by atoms with Gasteiger partial charge in [-0.1, -0.05) is 26.0 Å². The van der Waals surface area contributed by atoms with Crippen molar-refractivity contribution in [3.05, 3.63) is 53.6 Å². The number of allylic oxidation sites excluding steroid dienone is 2. The zero-order valence-electron chi connectivity index (χ0n) is 20.5. The number of ketones is 1. The Morgan fingerprint density at radius 2 is 1.79 bits per heavy atom. The summed E-state index contributed by atoms with van der Waals surface area (Å²) >= 11 is 0. The fourth-order valence-corrected chi connectivity index (χ4v) is 3.48. The Morgan fingerprint density at radius 1 is 1.12 bits per heavy atom. The van der Waals surface area contributed by atoms with Crippen LogP contribution in [0.2, 0.25) is 0 Å². The molecule has 34 heavy (non-hydrogen) atoms. The number of nitrogens with one attached hydrogen (secondary N) is 1.